The van der Waals surface area contributed by atoms with Gasteiger partial charge in [0.2, 0.25) is 0 Å². The standard InChI is InChI=1S/AsH3O4.Fe.H2O/c2-1(3,4)5;;/h(H3,2,3,4,5);;1H2. The Morgan fingerprint density at radius 2 is 1.14 bits per heavy atom. The van der Waals surface area contributed by atoms with Gasteiger partial charge in [-0.15, -0.1) is 0 Å². The molecule has 0 aliphatic carbocycles. The van der Waals surface area contributed by atoms with E-state index in [2.05, 4.69) is 0 Å². The van der Waals surface area contributed by atoms with Gasteiger partial charge in [0.1, 0.15) is 0 Å². The Hall–Kier alpha value is 0.718. The normalized spacial score (nSPS) is 8.43. The second-order valence-electron chi connectivity index (χ2n) is 0.513. The molecule has 0 rings (SSSR count). The topological polar surface area (TPSA) is 109 Å². The van der Waals surface area contributed by atoms with E-state index in [9.17, 15) is 0 Å². The third-order valence-corrected chi connectivity index (χ3v) is 0. The fourth-order valence-electron chi connectivity index (χ4n) is 0. The van der Waals surface area contributed by atoms with Crippen molar-refractivity contribution >= 4 is 14.5 Å². The monoisotopic (exact) mass is 216 g/mol. The first-order valence-corrected chi connectivity index (χ1v) is 4.07. The summed E-state index contributed by atoms with van der Waals surface area (Å²) in [6.07, 6.45) is 0. The minimum absolute atomic E-state index is 0. The second-order valence-corrected chi connectivity index (χ2v) is 2.67. The van der Waals surface area contributed by atoms with Gasteiger partial charge in [-0.05, 0) is 0 Å². The molecule has 0 radical (unpaired) electrons. The molecule has 0 aromatic rings. The molecule has 0 bridgehead atoms. The first-order valence-electron chi connectivity index (χ1n) is 0.783. The zero-order valence-corrected chi connectivity index (χ0v) is 6.03. The molecule has 0 unspecified atom stereocenters. The third-order valence-electron chi connectivity index (χ3n) is 0. The summed E-state index contributed by atoms with van der Waals surface area (Å²) in [5, 5.41) is 0. The largest absolute Gasteiger partial charge is 0 e. The molecule has 5 nitrogen and oxygen atoms in total. The summed E-state index contributed by atoms with van der Waals surface area (Å²) in [5.74, 6) is 0. The summed E-state index contributed by atoms with van der Waals surface area (Å²) >= 11 is -5.12. The molecule has 0 heterocycles. The molecule has 5 N–H and O–H groups in total. The smallest absolute Gasteiger partial charge is 0 e. The van der Waals surface area contributed by atoms with Gasteiger partial charge in [0.15, 0.2) is 0 Å². The van der Waals surface area contributed by atoms with E-state index in [1.54, 1.807) is 0 Å². The van der Waals surface area contributed by atoms with Gasteiger partial charge in [0.25, 0.3) is 0 Å². The van der Waals surface area contributed by atoms with Crippen LogP contribution in [0.5, 0.6) is 0 Å². The molecule has 0 aromatic heterocycles. The van der Waals surface area contributed by atoms with Crippen LogP contribution < -0.4 is 0 Å². The van der Waals surface area contributed by atoms with Crippen molar-refractivity contribution in [2.75, 3.05) is 0 Å². The van der Waals surface area contributed by atoms with E-state index in [1.807, 2.05) is 0 Å². The minimum Gasteiger partial charge on any atom is 0 e. The van der Waals surface area contributed by atoms with E-state index >= 15 is 0 Å². The molecule has 0 spiro atoms. The average molecular weight is 216 g/mol. The number of hydrogen-bond acceptors (Lipinski definition) is 1. The van der Waals surface area contributed by atoms with Crippen molar-refractivity contribution in [1.82, 2.24) is 0 Å². The molecule has 0 saturated heterocycles. The van der Waals surface area contributed by atoms with E-state index in [1.165, 1.54) is 0 Å². The van der Waals surface area contributed by atoms with Gasteiger partial charge in [-0.1, -0.05) is 0 Å². The van der Waals surface area contributed by atoms with Crippen molar-refractivity contribution in [3.63, 3.8) is 0 Å². The first kappa shape index (κ1) is 15.6. The fraction of sp³-hybridized carbons (Fsp3) is 0. The van der Waals surface area contributed by atoms with Crippen LogP contribution in [0.25, 0.3) is 0 Å². The van der Waals surface area contributed by atoms with Crippen LogP contribution in [0.2, 0.25) is 0 Å². The summed E-state index contributed by atoms with van der Waals surface area (Å²) in [6.45, 7) is 0. The fourth-order valence-corrected chi connectivity index (χ4v) is 0. The van der Waals surface area contributed by atoms with Crippen molar-refractivity contribution in [1.29, 1.82) is 0 Å². The van der Waals surface area contributed by atoms with Crippen molar-refractivity contribution in [2.24, 2.45) is 0 Å². The zero-order valence-electron chi connectivity index (χ0n) is 3.05. The van der Waals surface area contributed by atoms with E-state index in [-0.39, 0.29) is 22.5 Å². The summed E-state index contributed by atoms with van der Waals surface area (Å²) in [7, 11) is 0. The molecule has 0 aliphatic rings. The minimum atomic E-state index is -5.12. The molecule has 0 aliphatic heterocycles. The maximum absolute atomic E-state index is 8.94. The third kappa shape index (κ3) is 290. The van der Waals surface area contributed by atoms with Gasteiger partial charge in [-0.2, -0.15) is 0 Å². The van der Waals surface area contributed by atoms with Gasteiger partial charge >= 0.3 is 30.5 Å². The maximum Gasteiger partial charge on any atom is 0 e. The van der Waals surface area contributed by atoms with Crippen molar-refractivity contribution in [3.8, 4) is 0 Å². The van der Waals surface area contributed by atoms with Crippen molar-refractivity contribution in [3.05, 3.63) is 0 Å². The molecule has 0 saturated carbocycles. The molecule has 0 atom stereocenters. The predicted octanol–water partition coefficient (Wildman–Crippen LogP) is -3.00. The predicted molar refractivity (Wildman–Crippen MR) is 16.7 cm³/mol. The number of hydrogen-bond donors (Lipinski definition) is 3. The van der Waals surface area contributed by atoms with Gasteiger partial charge in [-0.3, -0.25) is 0 Å². The Kier molecular flexibility index (Phi) is 10.9. The summed E-state index contributed by atoms with van der Waals surface area (Å²) in [4.78, 5) is 0. The van der Waals surface area contributed by atoms with Crippen LogP contribution in [0.1, 0.15) is 0 Å². The van der Waals surface area contributed by atoms with Crippen LogP contribution in [0.15, 0.2) is 0 Å². The Labute approximate surface area is 53.5 Å². The molecular weight excluding hydrogens is 211 g/mol. The summed E-state index contributed by atoms with van der Waals surface area (Å²) in [5.41, 5.74) is 0. The van der Waals surface area contributed by atoms with Crippen LogP contribution >= 0.6 is 0 Å². The van der Waals surface area contributed by atoms with E-state index in [0.717, 1.165) is 0 Å². The molecular formula is H5AsFeO5. The zero-order chi connectivity index (χ0) is 4.50. The van der Waals surface area contributed by atoms with Gasteiger partial charge in [-0.25, -0.2) is 0 Å². The van der Waals surface area contributed by atoms with Crippen molar-refractivity contribution < 1.29 is 38.6 Å². The SMILES string of the molecule is O.O=[As](O)(O)O.[Fe]. The molecule has 7 heavy (non-hydrogen) atoms. The second kappa shape index (κ2) is 4.87. The Bertz CT molecular complexity index is 54.2. The van der Waals surface area contributed by atoms with Crippen LogP contribution in [0.3, 0.4) is 0 Å². The average Bonchev–Trinajstić information content (AvgIpc) is 0.722. The van der Waals surface area contributed by atoms with Gasteiger partial charge in [0, 0.05) is 17.1 Å². The molecule has 7 heteroatoms. The molecule has 0 amide bonds. The summed E-state index contributed by atoms with van der Waals surface area (Å²) < 4.78 is 30.7. The van der Waals surface area contributed by atoms with Crippen LogP contribution in [-0.2, 0) is 20.8 Å². The Morgan fingerprint density at radius 3 is 1.14 bits per heavy atom. The quantitative estimate of drug-likeness (QED) is 0.374. The Balaban J connectivity index is -0.0000000800. The van der Waals surface area contributed by atoms with Crippen LogP contribution in [0, 0.1) is 0 Å². The van der Waals surface area contributed by atoms with Gasteiger partial charge in [0.05, 0.1) is 0 Å². The molecule has 0 aromatic carbocycles. The Morgan fingerprint density at radius 1 is 1.14 bits per heavy atom. The summed E-state index contributed by atoms with van der Waals surface area (Å²) in [6, 6.07) is 0. The van der Waals surface area contributed by atoms with Crippen molar-refractivity contribution in [2.45, 2.75) is 0 Å². The van der Waals surface area contributed by atoms with Gasteiger partial charge < -0.3 is 5.48 Å². The molecule has 0 fully saturated rings. The first-order chi connectivity index (χ1) is 2.00. The number of rotatable bonds is 0. The van der Waals surface area contributed by atoms with E-state index in [4.69, 9.17) is 16.0 Å². The van der Waals surface area contributed by atoms with Crippen LogP contribution in [-0.4, -0.2) is 32.3 Å². The van der Waals surface area contributed by atoms with Crippen LogP contribution in [0.4, 0.5) is 0 Å². The molecule has 48 valence electrons. The van der Waals surface area contributed by atoms with E-state index in [0.29, 0.717) is 0 Å². The maximum atomic E-state index is 8.94. The van der Waals surface area contributed by atoms with E-state index < -0.39 is 14.5 Å².